The Bertz CT molecular complexity index is 721. The second-order valence-electron chi connectivity index (χ2n) is 5.45. The number of carbonyl (C=O) groups is 1. The first-order valence-electron chi connectivity index (χ1n) is 6.90. The van der Waals surface area contributed by atoms with Gasteiger partial charge in [0.2, 0.25) is 5.91 Å². The van der Waals surface area contributed by atoms with E-state index in [0.29, 0.717) is 11.4 Å². The standard InChI is InChI=1S/C16H17ClN2O2/c1-8-4-12(10(3)21-8)9(2)18-15-5-11-6-16(20)19-14(11)7-13(15)17/h4-5,7,9,18H,6H2,1-3H3,(H,19,20). The number of hydrogen-bond donors (Lipinski definition) is 2. The second-order valence-corrected chi connectivity index (χ2v) is 5.86. The van der Waals surface area contributed by atoms with E-state index in [2.05, 4.69) is 17.6 Å². The summed E-state index contributed by atoms with van der Waals surface area (Å²) in [5, 5.41) is 6.79. The fourth-order valence-corrected chi connectivity index (χ4v) is 2.97. The Labute approximate surface area is 128 Å². The normalized spacial score (nSPS) is 14.8. The van der Waals surface area contributed by atoms with Crippen molar-refractivity contribution in [3.8, 4) is 0 Å². The van der Waals surface area contributed by atoms with Gasteiger partial charge in [0.15, 0.2) is 0 Å². The molecule has 1 aliphatic rings. The number of benzene rings is 1. The molecule has 5 heteroatoms. The van der Waals surface area contributed by atoms with E-state index < -0.39 is 0 Å². The van der Waals surface area contributed by atoms with Crippen molar-refractivity contribution in [2.75, 3.05) is 10.6 Å². The van der Waals surface area contributed by atoms with E-state index in [1.807, 2.05) is 26.0 Å². The summed E-state index contributed by atoms with van der Waals surface area (Å²) in [6.45, 7) is 5.94. The zero-order valence-electron chi connectivity index (χ0n) is 12.2. The molecule has 1 aliphatic heterocycles. The number of furan rings is 1. The summed E-state index contributed by atoms with van der Waals surface area (Å²) in [5.41, 5.74) is 3.72. The minimum absolute atomic E-state index is 0.00701. The van der Waals surface area contributed by atoms with Crippen LogP contribution in [0.1, 0.15) is 35.6 Å². The number of nitrogens with one attached hydrogen (secondary N) is 2. The molecule has 4 nitrogen and oxygen atoms in total. The lowest BCUT2D eigenvalue weighted by Gasteiger charge is -2.17. The Balaban J connectivity index is 1.87. The average molecular weight is 305 g/mol. The first kappa shape index (κ1) is 14.0. The molecular formula is C16H17ClN2O2. The highest BCUT2D eigenvalue weighted by Crippen LogP contribution is 2.35. The van der Waals surface area contributed by atoms with Gasteiger partial charge >= 0.3 is 0 Å². The van der Waals surface area contributed by atoms with E-state index in [1.165, 1.54) is 0 Å². The summed E-state index contributed by atoms with van der Waals surface area (Å²) in [6.07, 6.45) is 0.402. The van der Waals surface area contributed by atoms with E-state index >= 15 is 0 Å². The number of anilines is 2. The third-order valence-electron chi connectivity index (χ3n) is 3.74. The number of halogens is 1. The van der Waals surface area contributed by atoms with Crippen molar-refractivity contribution in [2.45, 2.75) is 33.2 Å². The first-order chi connectivity index (χ1) is 9.94. The van der Waals surface area contributed by atoms with Crippen LogP contribution >= 0.6 is 11.6 Å². The van der Waals surface area contributed by atoms with Crippen LogP contribution in [-0.2, 0) is 11.2 Å². The van der Waals surface area contributed by atoms with Gasteiger partial charge in [-0.3, -0.25) is 4.79 Å². The van der Waals surface area contributed by atoms with Crippen molar-refractivity contribution in [1.29, 1.82) is 0 Å². The quantitative estimate of drug-likeness (QED) is 0.892. The third-order valence-corrected chi connectivity index (χ3v) is 4.05. The lowest BCUT2D eigenvalue weighted by atomic mass is 10.1. The molecule has 0 radical (unpaired) electrons. The summed E-state index contributed by atoms with van der Waals surface area (Å²) < 4.78 is 5.56. The lowest BCUT2D eigenvalue weighted by Crippen LogP contribution is -2.07. The molecule has 2 aromatic rings. The highest BCUT2D eigenvalue weighted by Gasteiger charge is 2.21. The van der Waals surface area contributed by atoms with Gasteiger partial charge < -0.3 is 15.1 Å². The number of rotatable bonds is 3. The number of aryl methyl sites for hydroxylation is 2. The Kier molecular flexibility index (Phi) is 3.41. The fraction of sp³-hybridized carbons (Fsp3) is 0.312. The molecule has 1 amide bonds. The molecule has 0 spiro atoms. The van der Waals surface area contributed by atoms with Crippen LogP contribution in [0.15, 0.2) is 22.6 Å². The molecule has 1 atom stereocenters. The fourth-order valence-electron chi connectivity index (χ4n) is 2.75. The predicted molar refractivity (Wildman–Crippen MR) is 84.0 cm³/mol. The smallest absolute Gasteiger partial charge is 0.228 e. The van der Waals surface area contributed by atoms with Gasteiger partial charge in [-0.1, -0.05) is 11.6 Å². The molecule has 1 aromatic carbocycles. The maximum atomic E-state index is 11.4. The number of fused-ring (bicyclic) bond motifs is 1. The number of carbonyl (C=O) groups excluding carboxylic acids is 1. The minimum atomic E-state index is 0.00701. The number of amides is 1. The summed E-state index contributed by atoms with van der Waals surface area (Å²) in [7, 11) is 0. The van der Waals surface area contributed by atoms with E-state index in [1.54, 1.807) is 6.07 Å². The van der Waals surface area contributed by atoms with Crippen molar-refractivity contribution in [3.05, 3.63) is 45.9 Å². The maximum absolute atomic E-state index is 11.4. The molecule has 3 rings (SSSR count). The molecular weight excluding hydrogens is 288 g/mol. The van der Waals surface area contributed by atoms with Crippen LogP contribution in [0, 0.1) is 13.8 Å². The summed E-state index contributed by atoms with van der Waals surface area (Å²) in [6, 6.07) is 5.83. The van der Waals surface area contributed by atoms with E-state index in [4.69, 9.17) is 16.0 Å². The molecule has 2 N–H and O–H groups in total. The molecule has 1 unspecified atom stereocenters. The average Bonchev–Trinajstić information content (AvgIpc) is 2.91. The SMILES string of the molecule is Cc1cc(C(C)Nc2cc3c(cc2Cl)NC(=O)C3)c(C)o1. The van der Waals surface area contributed by atoms with Crippen molar-refractivity contribution >= 4 is 28.9 Å². The Morgan fingerprint density at radius 3 is 2.76 bits per heavy atom. The largest absolute Gasteiger partial charge is 0.466 e. The topological polar surface area (TPSA) is 54.3 Å². The second kappa shape index (κ2) is 5.11. The Hall–Kier alpha value is -1.94. The molecule has 110 valence electrons. The van der Waals surface area contributed by atoms with Crippen LogP contribution < -0.4 is 10.6 Å². The molecule has 0 aliphatic carbocycles. The van der Waals surface area contributed by atoms with Crippen molar-refractivity contribution in [3.63, 3.8) is 0 Å². The molecule has 0 bridgehead atoms. The van der Waals surface area contributed by atoms with Gasteiger partial charge in [0.05, 0.1) is 23.2 Å². The maximum Gasteiger partial charge on any atom is 0.228 e. The van der Waals surface area contributed by atoms with Crippen LogP contribution in [0.25, 0.3) is 0 Å². The summed E-state index contributed by atoms with van der Waals surface area (Å²) >= 11 is 6.29. The third kappa shape index (κ3) is 2.63. The Morgan fingerprint density at radius 1 is 1.33 bits per heavy atom. The van der Waals surface area contributed by atoms with Crippen LogP contribution in [0.5, 0.6) is 0 Å². The highest BCUT2D eigenvalue weighted by molar-refractivity contribution is 6.33. The molecule has 21 heavy (non-hydrogen) atoms. The van der Waals surface area contributed by atoms with Gasteiger partial charge in [0, 0.05) is 11.3 Å². The van der Waals surface area contributed by atoms with Crippen LogP contribution in [0.2, 0.25) is 5.02 Å². The van der Waals surface area contributed by atoms with Crippen molar-refractivity contribution < 1.29 is 9.21 Å². The van der Waals surface area contributed by atoms with Crippen LogP contribution in [0.4, 0.5) is 11.4 Å². The van der Waals surface area contributed by atoms with Crippen molar-refractivity contribution in [2.24, 2.45) is 0 Å². The predicted octanol–water partition coefficient (Wildman–Crippen LogP) is 4.22. The van der Waals surface area contributed by atoms with E-state index in [-0.39, 0.29) is 11.9 Å². The summed E-state index contributed by atoms with van der Waals surface area (Å²) in [4.78, 5) is 11.4. The lowest BCUT2D eigenvalue weighted by molar-refractivity contribution is -0.115. The highest BCUT2D eigenvalue weighted by atomic mass is 35.5. The molecule has 1 aromatic heterocycles. The van der Waals surface area contributed by atoms with Crippen LogP contribution in [0.3, 0.4) is 0 Å². The first-order valence-corrected chi connectivity index (χ1v) is 7.27. The molecule has 0 fully saturated rings. The van der Waals surface area contributed by atoms with Gasteiger partial charge in [-0.05, 0) is 44.5 Å². The van der Waals surface area contributed by atoms with Gasteiger partial charge in [-0.25, -0.2) is 0 Å². The van der Waals surface area contributed by atoms with Gasteiger partial charge in [0.1, 0.15) is 11.5 Å². The van der Waals surface area contributed by atoms with E-state index in [0.717, 1.165) is 34.0 Å². The number of hydrogen-bond acceptors (Lipinski definition) is 3. The zero-order chi connectivity index (χ0) is 15.1. The van der Waals surface area contributed by atoms with Crippen LogP contribution in [-0.4, -0.2) is 5.91 Å². The zero-order valence-corrected chi connectivity index (χ0v) is 13.0. The van der Waals surface area contributed by atoms with Gasteiger partial charge in [-0.15, -0.1) is 0 Å². The van der Waals surface area contributed by atoms with Gasteiger partial charge in [-0.2, -0.15) is 0 Å². The van der Waals surface area contributed by atoms with Gasteiger partial charge in [0.25, 0.3) is 0 Å². The minimum Gasteiger partial charge on any atom is -0.466 e. The summed E-state index contributed by atoms with van der Waals surface area (Å²) in [5.74, 6) is 1.81. The molecule has 2 heterocycles. The Morgan fingerprint density at radius 2 is 2.10 bits per heavy atom. The molecule has 0 saturated heterocycles. The van der Waals surface area contributed by atoms with Crippen molar-refractivity contribution in [1.82, 2.24) is 0 Å². The molecule has 0 saturated carbocycles. The monoisotopic (exact) mass is 304 g/mol. The van der Waals surface area contributed by atoms with E-state index in [9.17, 15) is 4.79 Å².